The van der Waals surface area contributed by atoms with Crippen molar-refractivity contribution >= 4 is 22.6 Å². The van der Waals surface area contributed by atoms with Crippen molar-refractivity contribution in [3.63, 3.8) is 0 Å². The van der Waals surface area contributed by atoms with Gasteiger partial charge in [-0.3, -0.25) is 14.7 Å². The van der Waals surface area contributed by atoms with Gasteiger partial charge in [-0.15, -0.1) is 0 Å². The van der Waals surface area contributed by atoms with Crippen LogP contribution in [-0.4, -0.2) is 47.9 Å². The van der Waals surface area contributed by atoms with Crippen LogP contribution in [0.15, 0.2) is 51.7 Å². The number of rotatable bonds is 4. The zero-order valence-corrected chi connectivity index (χ0v) is 14.9. The Hall–Kier alpha value is -2.93. The van der Waals surface area contributed by atoms with E-state index in [0.717, 1.165) is 31.9 Å². The maximum absolute atomic E-state index is 13.1. The Labute approximate surface area is 155 Å². The molecule has 0 spiro atoms. The zero-order valence-electron chi connectivity index (χ0n) is 14.9. The molecule has 1 fully saturated rings. The van der Waals surface area contributed by atoms with E-state index < -0.39 is 5.76 Å². The Morgan fingerprint density at radius 2 is 1.81 bits per heavy atom. The van der Waals surface area contributed by atoms with Gasteiger partial charge in [0.2, 0.25) is 0 Å². The Morgan fingerprint density at radius 1 is 1.11 bits per heavy atom. The molecule has 4 rings (SSSR count). The average Bonchev–Trinajstić information content (AvgIpc) is 3.07. The van der Waals surface area contributed by atoms with E-state index in [0.29, 0.717) is 16.7 Å². The number of Topliss-reactive ketones (excluding diaryl/α,β-unsaturated/α-hetero) is 1. The van der Waals surface area contributed by atoms with Crippen LogP contribution in [0.25, 0.3) is 11.1 Å². The molecule has 0 radical (unpaired) electrons. The van der Waals surface area contributed by atoms with E-state index in [1.807, 2.05) is 6.92 Å². The van der Waals surface area contributed by atoms with Gasteiger partial charge < -0.3 is 9.32 Å². The number of benzene rings is 2. The van der Waals surface area contributed by atoms with Crippen LogP contribution >= 0.6 is 0 Å². The maximum Gasteiger partial charge on any atom is 0.417 e. The van der Waals surface area contributed by atoms with E-state index >= 15 is 0 Å². The van der Waals surface area contributed by atoms with Crippen LogP contribution in [0.5, 0.6) is 0 Å². The Morgan fingerprint density at radius 3 is 2.52 bits per heavy atom. The van der Waals surface area contributed by atoms with Gasteiger partial charge >= 0.3 is 5.76 Å². The molecule has 27 heavy (non-hydrogen) atoms. The molecule has 0 saturated carbocycles. The lowest BCUT2D eigenvalue weighted by Crippen LogP contribution is -2.51. The smallest absolute Gasteiger partial charge is 0.408 e. The standard InChI is InChI=1S/C20H20FN3O3/c1-13(19(25)14-2-7-17-18(12-14)27-20(26)22-17)23-8-10-24(11-9-23)16-5-3-15(21)4-6-16/h2-7,12-13H,8-11H2,1H3,(H,22,26). The van der Waals surface area contributed by atoms with Gasteiger partial charge in [0, 0.05) is 37.4 Å². The number of oxazole rings is 1. The first kappa shape index (κ1) is 17.5. The summed E-state index contributed by atoms with van der Waals surface area (Å²) in [6.07, 6.45) is 0. The maximum atomic E-state index is 13.1. The summed E-state index contributed by atoms with van der Waals surface area (Å²) in [5, 5.41) is 0. The third kappa shape index (κ3) is 3.50. The molecule has 1 N–H and O–H groups in total. The number of hydrogen-bond donors (Lipinski definition) is 1. The number of fused-ring (bicyclic) bond motifs is 1. The Kier molecular flexibility index (Phi) is 4.53. The van der Waals surface area contributed by atoms with Crippen LogP contribution in [0.2, 0.25) is 0 Å². The molecule has 0 amide bonds. The van der Waals surface area contributed by atoms with Gasteiger partial charge in [-0.25, -0.2) is 9.18 Å². The highest BCUT2D eigenvalue weighted by molar-refractivity contribution is 6.01. The van der Waals surface area contributed by atoms with Gasteiger partial charge in [0.25, 0.3) is 0 Å². The highest BCUT2D eigenvalue weighted by atomic mass is 19.1. The lowest BCUT2D eigenvalue weighted by molar-refractivity contribution is 0.0830. The summed E-state index contributed by atoms with van der Waals surface area (Å²) >= 11 is 0. The van der Waals surface area contributed by atoms with Gasteiger partial charge in [-0.05, 0) is 49.4 Å². The lowest BCUT2D eigenvalue weighted by atomic mass is 10.0. The van der Waals surface area contributed by atoms with Crippen molar-refractivity contribution in [3.05, 3.63) is 64.4 Å². The number of nitrogens with zero attached hydrogens (tertiary/aromatic N) is 2. The number of piperazine rings is 1. The number of aromatic nitrogens is 1. The molecule has 6 nitrogen and oxygen atoms in total. The number of carbonyl (C=O) groups excluding carboxylic acids is 1. The van der Waals surface area contributed by atoms with Crippen LogP contribution in [0.1, 0.15) is 17.3 Å². The largest absolute Gasteiger partial charge is 0.417 e. The number of anilines is 1. The minimum absolute atomic E-state index is 0.00372. The number of hydrogen-bond acceptors (Lipinski definition) is 5. The monoisotopic (exact) mass is 369 g/mol. The average molecular weight is 369 g/mol. The summed E-state index contributed by atoms with van der Waals surface area (Å²) in [6.45, 7) is 4.93. The number of carbonyl (C=O) groups is 1. The fourth-order valence-electron chi connectivity index (χ4n) is 3.53. The molecule has 1 saturated heterocycles. The summed E-state index contributed by atoms with van der Waals surface area (Å²) in [5.74, 6) is -0.776. The lowest BCUT2D eigenvalue weighted by Gasteiger charge is -2.38. The molecule has 2 aromatic carbocycles. The minimum atomic E-state index is -0.528. The van der Waals surface area contributed by atoms with Crippen LogP contribution < -0.4 is 10.7 Å². The Bertz CT molecular complexity index is 1020. The zero-order chi connectivity index (χ0) is 19.0. The highest BCUT2D eigenvalue weighted by Gasteiger charge is 2.26. The molecule has 1 aromatic heterocycles. The molecule has 140 valence electrons. The summed E-state index contributed by atoms with van der Waals surface area (Å²) in [4.78, 5) is 31.0. The van der Waals surface area contributed by atoms with Crippen LogP contribution in [0, 0.1) is 5.82 Å². The van der Waals surface area contributed by atoms with Crippen molar-refractivity contribution in [1.82, 2.24) is 9.88 Å². The first-order valence-electron chi connectivity index (χ1n) is 8.93. The highest BCUT2D eigenvalue weighted by Crippen LogP contribution is 2.20. The quantitative estimate of drug-likeness (QED) is 0.716. The summed E-state index contributed by atoms with van der Waals surface area (Å²) in [5.41, 5.74) is 2.48. The van der Waals surface area contributed by atoms with Gasteiger partial charge in [-0.1, -0.05) is 0 Å². The topological polar surface area (TPSA) is 69.5 Å². The first-order chi connectivity index (χ1) is 13.0. The molecule has 7 heteroatoms. The van der Waals surface area contributed by atoms with E-state index in [1.54, 1.807) is 30.3 Å². The van der Waals surface area contributed by atoms with E-state index in [-0.39, 0.29) is 17.6 Å². The molecule has 0 bridgehead atoms. The summed E-state index contributed by atoms with van der Waals surface area (Å²) in [7, 11) is 0. The fraction of sp³-hybridized carbons (Fsp3) is 0.300. The molecule has 3 aromatic rings. The SMILES string of the molecule is CC(C(=O)c1ccc2[nH]c(=O)oc2c1)N1CCN(c2ccc(F)cc2)CC1. The van der Waals surface area contributed by atoms with E-state index in [9.17, 15) is 14.0 Å². The predicted molar refractivity (Wildman–Crippen MR) is 101 cm³/mol. The van der Waals surface area contributed by atoms with E-state index in [2.05, 4.69) is 14.8 Å². The van der Waals surface area contributed by atoms with Crippen molar-refractivity contribution in [2.45, 2.75) is 13.0 Å². The normalized spacial score (nSPS) is 16.6. The van der Waals surface area contributed by atoms with Crippen LogP contribution in [0.3, 0.4) is 0 Å². The van der Waals surface area contributed by atoms with Crippen LogP contribution in [-0.2, 0) is 0 Å². The number of H-pyrrole nitrogens is 1. The third-order valence-electron chi connectivity index (χ3n) is 5.14. The van der Waals surface area contributed by atoms with Gasteiger partial charge in [0.15, 0.2) is 11.4 Å². The Balaban J connectivity index is 1.43. The summed E-state index contributed by atoms with van der Waals surface area (Å²) in [6, 6.07) is 11.2. The second-order valence-electron chi connectivity index (χ2n) is 6.77. The van der Waals surface area contributed by atoms with Gasteiger partial charge in [0.1, 0.15) is 5.82 Å². The van der Waals surface area contributed by atoms with Gasteiger partial charge in [-0.2, -0.15) is 0 Å². The van der Waals surface area contributed by atoms with Crippen molar-refractivity contribution in [3.8, 4) is 0 Å². The van der Waals surface area contributed by atoms with Crippen LogP contribution in [0.4, 0.5) is 10.1 Å². The molecule has 1 unspecified atom stereocenters. The molecule has 0 aliphatic carbocycles. The second kappa shape index (κ2) is 7.00. The summed E-state index contributed by atoms with van der Waals surface area (Å²) < 4.78 is 18.1. The fourth-order valence-corrected chi connectivity index (χ4v) is 3.53. The van der Waals surface area contributed by atoms with E-state index in [1.165, 1.54) is 12.1 Å². The number of aromatic amines is 1. The second-order valence-corrected chi connectivity index (χ2v) is 6.77. The molecule has 1 atom stereocenters. The van der Waals surface area contributed by atoms with E-state index in [4.69, 9.17) is 4.42 Å². The third-order valence-corrected chi connectivity index (χ3v) is 5.14. The molecule has 1 aliphatic rings. The number of halogens is 1. The van der Waals surface area contributed by atoms with Gasteiger partial charge in [0.05, 0.1) is 11.6 Å². The van der Waals surface area contributed by atoms with Crippen molar-refractivity contribution in [1.29, 1.82) is 0 Å². The number of ketones is 1. The van der Waals surface area contributed by atoms with Crippen molar-refractivity contribution in [2.75, 3.05) is 31.1 Å². The van der Waals surface area contributed by atoms with Crippen molar-refractivity contribution < 1.29 is 13.6 Å². The predicted octanol–water partition coefficient (Wildman–Crippen LogP) is 2.65. The molecular weight excluding hydrogens is 349 g/mol. The minimum Gasteiger partial charge on any atom is -0.408 e. The first-order valence-corrected chi connectivity index (χ1v) is 8.93. The number of nitrogens with one attached hydrogen (secondary N) is 1. The molecule has 1 aliphatic heterocycles. The molecular formula is C20H20FN3O3. The molecule has 2 heterocycles. The van der Waals surface area contributed by atoms with Crippen molar-refractivity contribution in [2.24, 2.45) is 0 Å².